The van der Waals surface area contributed by atoms with E-state index in [0.29, 0.717) is 12.5 Å². The van der Waals surface area contributed by atoms with Gasteiger partial charge in [-0.2, -0.15) is 0 Å². The van der Waals surface area contributed by atoms with Crippen LogP contribution >= 0.6 is 0 Å². The molecule has 2 aliphatic heterocycles. The summed E-state index contributed by atoms with van der Waals surface area (Å²) in [5, 5.41) is 6.27. The molecular formula is C20H32N4O. The number of carbonyl (C=O) groups is 1. The van der Waals surface area contributed by atoms with Crippen LogP contribution in [0.3, 0.4) is 0 Å². The number of nitrogens with one attached hydrogen (secondary N) is 2. The number of carbonyl (C=O) groups excluding carboxylic acids is 1. The second-order valence-corrected chi connectivity index (χ2v) is 6.56. The van der Waals surface area contributed by atoms with Crippen molar-refractivity contribution in [3.63, 3.8) is 0 Å². The summed E-state index contributed by atoms with van der Waals surface area (Å²) in [6, 6.07) is 6.35. The smallest absolute Gasteiger partial charge is 0.234 e. The number of likely N-dealkylation sites (tertiary alicyclic amines) is 1. The van der Waals surface area contributed by atoms with E-state index in [1.165, 1.54) is 5.69 Å². The Kier molecular flexibility index (Phi) is 8.46. The quantitative estimate of drug-likeness (QED) is 0.861. The molecule has 1 aromatic rings. The van der Waals surface area contributed by atoms with E-state index in [-0.39, 0.29) is 11.9 Å². The van der Waals surface area contributed by atoms with Crippen molar-refractivity contribution in [2.75, 3.05) is 26.2 Å². The monoisotopic (exact) mass is 344 g/mol. The Labute approximate surface area is 151 Å². The molecule has 3 rings (SSSR count). The summed E-state index contributed by atoms with van der Waals surface area (Å²) in [6.07, 6.45) is 10.2. The third-order valence-corrected chi connectivity index (χ3v) is 4.68. The lowest BCUT2D eigenvalue weighted by Gasteiger charge is -2.32. The minimum atomic E-state index is 0.148. The Hall–Kier alpha value is -1.88. The summed E-state index contributed by atoms with van der Waals surface area (Å²) in [7, 11) is 0. The van der Waals surface area contributed by atoms with Gasteiger partial charge in [-0.25, -0.2) is 0 Å². The molecule has 2 aliphatic rings. The lowest BCUT2D eigenvalue weighted by Crippen LogP contribution is -2.47. The third kappa shape index (κ3) is 6.86. The summed E-state index contributed by atoms with van der Waals surface area (Å²) in [4.78, 5) is 18.8. The SMILES string of the molecule is CC.O=C(CN1CCC(Cc2ccccn2)CC1)NC1CC=CNC1. The fraction of sp³-hybridized carbons (Fsp3) is 0.600. The molecule has 1 fully saturated rings. The van der Waals surface area contributed by atoms with Crippen LogP contribution in [0.15, 0.2) is 36.7 Å². The molecule has 0 aromatic carbocycles. The zero-order valence-electron chi connectivity index (χ0n) is 15.6. The van der Waals surface area contributed by atoms with Gasteiger partial charge in [0.05, 0.1) is 6.54 Å². The molecule has 1 saturated heterocycles. The summed E-state index contributed by atoms with van der Waals surface area (Å²) in [5.74, 6) is 0.840. The number of hydrogen-bond acceptors (Lipinski definition) is 4. The fourth-order valence-electron chi connectivity index (χ4n) is 3.36. The van der Waals surface area contributed by atoms with Crippen LogP contribution in [-0.2, 0) is 11.2 Å². The molecule has 25 heavy (non-hydrogen) atoms. The Morgan fingerprint density at radius 1 is 1.32 bits per heavy atom. The van der Waals surface area contributed by atoms with Gasteiger partial charge in [-0.15, -0.1) is 0 Å². The fourth-order valence-corrected chi connectivity index (χ4v) is 3.36. The minimum Gasteiger partial charge on any atom is -0.389 e. The molecule has 0 bridgehead atoms. The highest BCUT2D eigenvalue weighted by molar-refractivity contribution is 5.78. The Bertz CT molecular complexity index is 524. The van der Waals surface area contributed by atoms with Crippen molar-refractivity contribution in [3.8, 4) is 0 Å². The lowest BCUT2D eigenvalue weighted by atomic mass is 9.92. The first kappa shape index (κ1) is 19.4. The van der Waals surface area contributed by atoms with E-state index in [4.69, 9.17) is 0 Å². The van der Waals surface area contributed by atoms with Gasteiger partial charge in [0, 0.05) is 24.5 Å². The molecule has 5 heteroatoms. The van der Waals surface area contributed by atoms with Crippen LogP contribution in [0.1, 0.15) is 38.8 Å². The van der Waals surface area contributed by atoms with Crippen LogP contribution in [0.4, 0.5) is 0 Å². The van der Waals surface area contributed by atoms with Gasteiger partial charge < -0.3 is 10.6 Å². The van der Waals surface area contributed by atoms with Crippen molar-refractivity contribution in [2.45, 2.75) is 45.6 Å². The number of aromatic nitrogens is 1. The maximum atomic E-state index is 12.1. The zero-order valence-corrected chi connectivity index (χ0v) is 15.6. The second kappa shape index (κ2) is 10.9. The van der Waals surface area contributed by atoms with Crippen LogP contribution in [0.2, 0.25) is 0 Å². The lowest BCUT2D eigenvalue weighted by molar-refractivity contribution is -0.123. The van der Waals surface area contributed by atoms with Crippen molar-refractivity contribution in [3.05, 3.63) is 42.4 Å². The molecule has 138 valence electrons. The van der Waals surface area contributed by atoms with Crippen LogP contribution in [0.5, 0.6) is 0 Å². The highest BCUT2D eigenvalue weighted by Crippen LogP contribution is 2.20. The molecule has 3 heterocycles. The second-order valence-electron chi connectivity index (χ2n) is 6.56. The summed E-state index contributed by atoms with van der Waals surface area (Å²) in [5.41, 5.74) is 1.18. The van der Waals surface area contributed by atoms with Crippen molar-refractivity contribution in [1.82, 2.24) is 20.5 Å². The first-order valence-electron chi connectivity index (χ1n) is 9.59. The average Bonchev–Trinajstić information content (AvgIpc) is 2.67. The normalized spacial score (nSPS) is 21.0. The van der Waals surface area contributed by atoms with Gasteiger partial charge in [0.25, 0.3) is 0 Å². The topological polar surface area (TPSA) is 57.3 Å². The number of pyridine rings is 1. The van der Waals surface area contributed by atoms with Gasteiger partial charge >= 0.3 is 0 Å². The van der Waals surface area contributed by atoms with Crippen molar-refractivity contribution in [1.29, 1.82) is 0 Å². The van der Waals surface area contributed by atoms with Crippen LogP contribution in [0.25, 0.3) is 0 Å². The molecule has 0 spiro atoms. The Morgan fingerprint density at radius 3 is 2.76 bits per heavy atom. The highest BCUT2D eigenvalue weighted by Gasteiger charge is 2.22. The summed E-state index contributed by atoms with van der Waals surface area (Å²) < 4.78 is 0. The van der Waals surface area contributed by atoms with E-state index in [9.17, 15) is 4.79 Å². The number of nitrogens with zero attached hydrogens (tertiary/aromatic N) is 2. The summed E-state index contributed by atoms with van der Waals surface area (Å²) >= 11 is 0. The molecule has 2 N–H and O–H groups in total. The van der Waals surface area contributed by atoms with Crippen molar-refractivity contribution < 1.29 is 4.79 Å². The molecule has 0 saturated carbocycles. The van der Waals surface area contributed by atoms with Crippen molar-refractivity contribution >= 4 is 5.91 Å². The first-order valence-corrected chi connectivity index (χ1v) is 9.59. The molecule has 0 aliphatic carbocycles. The van der Waals surface area contributed by atoms with E-state index in [1.54, 1.807) is 0 Å². The molecule has 0 radical (unpaired) electrons. The Morgan fingerprint density at radius 2 is 2.12 bits per heavy atom. The largest absolute Gasteiger partial charge is 0.389 e. The standard InChI is InChI=1S/C18H26N4O.C2H6/c23-18(21-17-5-3-8-19-13-17)14-22-10-6-15(7-11-22)12-16-4-1-2-9-20-16;1-2/h1-4,8-9,15,17,19H,5-7,10-14H2,(H,21,23);1-2H3. The maximum Gasteiger partial charge on any atom is 0.234 e. The summed E-state index contributed by atoms with van der Waals surface area (Å²) in [6.45, 7) is 7.37. The number of amides is 1. The van der Waals surface area contributed by atoms with E-state index in [0.717, 1.165) is 45.3 Å². The highest BCUT2D eigenvalue weighted by atomic mass is 16.2. The molecule has 5 nitrogen and oxygen atoms in total. The van der Waals surface area contributed by atoms with E-state index in [2.05, 4.69) is 38.7 Å². The van der Waals surface area contributed by atoms with Gasteiger partial charge in [0.15, 0.2) is 0 Å². The first-order chi connectivity index (χ1) is 12.3. The van der Waals surface area contributed by atoms with Crippen LogP contribution in [-0.4, -0.2) is 48.0 Å². The van der Waals surface area contributed by atoms with Gasteiger partial charge in [-0.3, -0.25) is 14.7 Å². The molecule has 1 aromatic heterocycles. The third-order valence-electron chi connectivity index (χ3n) is 4.68. The van der Waals surface area contributed by atoms with Crippen LogP contribution in [0, 0.1) is 5.92 Å². The van der Waals surface area contributed by atoms with Gasteiger partial charge in [0.1, 0.15) is 0 Å². The number of piperidine rings is 1. The maximum absolute atomic E-state index is 12.1. The Balaban J connectivity index is 0.00000109. The molecular weight excluding hydrogens is 312 g/mol. The molecule has 1 unspecified atom stereocenters. The molecule has 1 amide bonds. The van der Waals surface area contributed by atoms with E-state index >= 15 is 0 Å². The van der Waals surface area contributed by atoms with Gasteiger partial charge in [-0.1, -0.05) is 26.0 Å². The van der Waals surface area contributed by atoms with Crippen LogP contribution < -0.4 is 10.6 Å². The predicted octanol–water partition coefficient (Wildman–Crippen LogP) is 2.35. The number of hydrogen-bond donors (Lipinski definition) is 2. The number of rotatable bonds is 5. The van der Waals surface area contributed by atoms with Crippen molar-refractivity contribution in [2.24, 2.45) is 5.92 Å². The predicted molar refractivity (Wildman–Crippen MR) is 102 cm³/mol. The van der Waals surface area contributed by atoms with Gasteiger partial charge in [0.2, 0.25) is 5.91 Å². The molecule has 1 atom stereocenters. The zero-order chi connectivity index (χ0) is 17.9. The van der Waals surface area contributed by atoms with E-state index in [1.807, 2.05) is 32.3 Å². The van der Waals surface area contributed by atoms with E-state index < -0.39 is 0 Å². The van der Waals surface area contributed by atoms with Gasteiger partial charge in [-0.05, 0) is 63.0 Å². The average molecular weight is 345 g/mol. The minimum absolute atomic E-state index is 0.148.